The van der Waals surface area contributed by atoms with E-state index in [4.69, 9.17) is 0 Å². The van der Waals surface area contributed by atoms with E-state index in [1.807, 2.05) is 41.3 Å². The Kier molecular flexibility index (Phi) is 6.11. The Morgan fingerprint density at radius 1 is 0.862 bits per heavy atom. The molecule has 6 nitrogen and oxygen atoms in total. The molecule has 1 saturated heterocycles. The van der Waals surface area contributed by atoms with Crippen molar-refractivity contribution in [3.05, 3.63) is 54.1 Å². The number of hydrogen-bond donors (Lipinski definition) is 2. The van der Waals surface area contributed by atoms with Gasteiger partial charge in [0.05, 0.1) is 0 Å². The summed E-state index contributed by atoms with van der Waals surface area (Å²) >= 11 is 0. The number of anilines is 3. The number of rotatable bonds is 3. The van der Waals surface area contributed by atoms with Crippen molar-refractivity contribution in [1.29, 1.82) is 0 Å². The average Bonchev–Trinajstić information content (AvgIpc) is 2.67. The molecule has 1 fully saturated rings. The van der Waals surface area contributed by atoms with Crippen molar-refractivity contribution in [3.63, 3.8) is 0 Å². The quantitative estimate of drug-likeness (QED) is 0.816. The molecule has 0 unspecified atom stereocenters. The maximum atomic E-state index is 12.6. The normalized spacial score (nSPS) is 14.5. The molecule has 0 saturated carbocycles. The minimum absolute atomic E-state index is 0.0693. The first kappa shape index (κ1) is 20.7. The van der Waals surface area contributed by atoms with Crippen LogP contribution in [0.15, 0.2) is 48.5 Å². The largest absolute Gasteiger partial charge is 0.368 e. The minimum Gasteiger partial charge on any atom is -0.368 e. The molecule has 29 heavy (non-hydrogen) atoms. The third-order valence-corrected chi connectivity index (χ3v) is 5.10. The van der Waals surface area contributed by atoms with Crippen molar-refractivity contribution < 1.29 is 9.59 Å². The molecule has 3 amide bonds. The summed E-state index contributed by atoms with van der Waals surface area (Å²) in [6, 6.07) is 15.8. The van der Waals surface area contributed by atoms with E-state index in [1.54, 1.807) is 0 Å². The summed E-state index contributed by atoms with van der Waals surface area (Å²) in [5.41, 5.74) is 3.98. The molecule has 0 atom stereocenters. The maximum Gasteiger partial charge on any atom is 0.321 e. The van der Waals surface area contributed by atoms with Crippen molar-refractivity contribution in [2.75, 3.05) is 41.7 Å². The lowest BCUT2D eigenvalue weighted by Crippen LogP contribution is -2.50. The number of carbonyl (C=O) groups excluding carboxylic acids is 2. The second-order valence-electron chi connectivity index (χ2n) is 8.46. The summed E-state index contributed by atoms with van der Waals surface area (Å²) in [5.74, 6) is -0.0841. The number of carbonyl (C=O) groups is 2. The number of urea groups is 1. The monoisotopic (exact) mass is 394 g/mol. The number of hydrogen-bond acceptors (Lipinski definition) is 3. The molecule has 0 aliphatic carbocycles. The van der Waals surface area contributed by atoms with Crippen molar-refractivity contribution in [2.24, 2.45) is 0 Å². The molecule has 0 spiro atoms. The highest BCUT2D eigenvalue weighted by atomic mass is 16.2. The standard InChI is InChI=1S/C23H30N4O2/c1-17(28)24-20-6-5-7-21(16-20)26-12-14-27(15-13-26)22(29)25-19-10-8-18(9-11-19)23(2,3)4/h5-11,16H,12-15H2,1-4H3,(H,24,28)(H,25,29). The van der Waals surface area contributed by atoms with Gasteiger partial charge in [-0.2, -0.15) is 0 Å². The second kappa shape index (κ2) is 8.55. The first-order valence-corrected chi connectivity index (χ1v) is 10.0. The molecule has 2 N–H and O–H groups in total. The van der Waals surface area contributed by atoms with E-state index in [-0.39, 0.29) is 17.4 Å². The van der Waals surface area contributed by atoms with Crippen LogP contribution in [0.3, 0.4) is 0 Å². The topological polar surface area (TPSA) is 64.7 Å². The summed E-state index contributed by atoms with van der Waals surface area (Å²) in [6.07, 6.45) is 0. The molecule has 154 valence electrons. The van der Waals surface area contributed by atoms with Gasteiger partial charge >= 0.3 is 6.03 Å². The molecular formula is C23H30N4O2. The molecule has 1 aliphatic rings. The SMILES string of the molecule is CC(=O)Nc1cccc(N2CCN(C(=O)Nc3ccc(C(C)(C)C)cc3)CC2)c1. The Morgan fingerprint density at radius 3 is 2.10 bits per heavy atom. The van der Waals surface area contributed by atoms with Crippen LogP contribution in [0.2, 0.25) is 0 Å². The molecule has 6 heteroatoms. The second-order valence-corrected chi connectivity index (χ2v) is 8.46. The number of nitrogens with one attached hydrogen (secondary N) is 2. The van der Waals surface area contributed by atoms with Crippen LogP contribution in [-0.4, -0.2) is 43.0 Å². The third-order valence-electron chi connectivity index (χ3n) is 5.10. The van der Waals surface area contributed by atoms with E-state index in [2.05, 4.69) is 48.4 Å². The van der Waals surface area contributed by atoms with E-state index >= 15 is 0 Å². The van der Waals surface area contributed by atoms with Gasteiger partial charge in [0.2, 0.25) is 5.91 Å². The van der Waals surface area contributed by atoms with Crippen LogP contribution < -0.4 is 15.5 Å². The van der Waals surface area contributed by atoms with Gasteiger partial charge in [-0.1, -0.05) is 39.0 Å². The average molecular weight is 395 g/mol. The van der Waals surface area contributed by atoms with Crippen molar-refractivity contribution in [1.82, 2.24) is 4.90 Å². The van der Waals surface area contributed by atoms with Crippen molar-refractivity contribution >= 4 is 29.0 Å². The van der Waals surface area contributed by atoms with Crippen LogP contribution in [0.25, 0.3) is 0 Å². The van der Waals surface area contributed by atoms with Gasteiger partial charge in [0, 0.05) is 50.2 Å². The van der Waals surface area contributed by atoms with Crippen molar-refractivity contribution in [2.45, 2.75) is 33.1 Å². The third kappa shape index (κ3) is 5.50. The number of amides is 3. The molecule has 0 aromatic heterocycles. The molecule has 2 aromatic carbocycles. The van der Waals surface area contributed by atoms with Gasteiger partial charge < -0.3 is 20.4 Å². The molecule has 1 aliphatic heterocycles. The van der Waals surface area contributed by atoms with Gasteiger partial charge in [-0.3, -0.25) is 4.79 Å². The van der Waals surface area contributed by atoms with Gasteiger partial charge in [0.15, 0.2) is 0 Å². The predicted octanol–water partition coefficient (Wildman–Crippen LogP) is 4.30. The molecular weight excluding hydrogens is 364 g/mol. The number of nitrogens with zero attached hydrogens (tertiary/aromatic N) is 2. The van der Waals surface area contributed by atoms with Crippen LogP contribution in [0, 0.1) is 0 Å². The van der Waals surface area contributed by atoms with Crippen LogP contribution in [-0.2, 0) is 10.2 Å². The van der Waals surface area contributed by atoms with Gasteiger partial charge in [-0.15, -0.1) is 0 Å². The fourth-order valence-corrected chi connectivity index (χ4v) is 3.41. The van der Waals surface area contributed by atoms with E-state index < -0.39 is 0 Å². The molecule has 1 heterocycles. The molecule has 0 bridgehead atoms. The fraction of sp³-hybridized carbons (Fsp3) is 0.391. The predicted molar refractivity (Wildman–Crippen MR) is 119 cm³/mol. The highest BCUT2D eigenvalue weighted by Crippen LogP contribution is 2.24. The van der Waals surface area contributed by atoms with E-state index in [0.717, 1.165) is 30.2 Å². The van der Waals surface area contributed by atoms with Crippen molar-refractivity contribution in [3.8, 4) is 0 Å². The zero-order valence-electron chi connectivity index (χ0n) is 17.7. The zero-order valence-corrected chi connectivity index (χ0v) is 17.7. The Labute approximate surface area is 172 Å². The number of benzene rings is 2. The molecule has 3 rings (SSSR count). The van der Waals surface area contributed by atoms with E-state index in [9.17, 15) is 9.59 Å². The lowest BCUT2D eigenvalue weighted by Gasteiger charge is -2.36. The van der Waals surface area contributed by atoms with E-state index in [1.165, 1.54) is 12.5 Å². The van der Waals surface area contributed by atoms with Gasteiger partial charge in [0.25, 0.3) is 0 Å². The van der Waals surface area contributed by atoms with Crippen LogP contribution >= 0.6 is 0 Å². The Morgan fingerprint density at radius 2 is 1.52 bits per heavy atom. The fourth-order valence-electron chi connectivity index (χ4n) is 3.41. The number of piperazine rings is 1. The lowest BCUT2D eigenvalue weighted by molar-refractivity contribution is -0.114. The minimum atomic E-state index is -0.0841. The summed E-state index contributed by atoms with van der Waals surface area (Å²) in [7, 11) is 0. The first-order valence-electron chi connectivity index (χ1n) is 10.0. The Bertz CT molecular complexity index is 863. The highest BCUT2D eigenvalue weighted by molar-refractivity contribution is 5.90. The summed E-state index contributed by atoms with van der Waals surface area (Å²) in [6.45, 7) is 10.8. The molecule has 0 radical (unpaired) electrons. The highest BCUT2D eigenvalue weighted by Gasteiger charge is 2.22. The van der Waals surface area contributed by atoms with E-state index in [0.29, 0.717) is 13.1 Å². The smallest absolute Gasteiger partial charge is 0.321 e. The summed E-state index contributed by atoms with van der Waals surface area (Å²) in [5, 5.41) is 5.81. The lowest BCUT2D eigenvalue weighted by atomic mass is 9.87. The molecule has 2 aromatic rings. The van der Waals surface area contributed by atoms with Gasteiger partial charge in [0.1, 0.15) is 0 Å². The van der Waals surface area contributed by atoms with Crippen LogP contribution in [0.1, 0.15) is 33.3 Å². The maximum absolute atomic E-state index is 12.6. The summed E-state index contributed by atoms with van der Waals surface area (Å²) < 4.78 is 0. The Hall–Kier alpha value is -3.02. The van der Waals surface area contributed by atoms with Crippen LogP contribution in [0.5, 0.6) is 0 Å². The Balaban J connectivity index is 1.55. The first-order chi connectivity index (χ1) is 13.7. The van der Waals surface area contributed by atoms with Gasteiger partial charge in [-0.05, 0) is 41.3 Å². The van der Waals surface area contributed by atoms with Crippen LogP contribution in [0.4, 0.5) is 21.9 Å². The zero-order chi connectivity index (χ0) is 21.0. The summed E-state index contributed by atoms with van der Waals surface area (Å²) in [4.78, 5) is 27.9. The van der Waals surface area contributed by atoms with Gasteiger partial charge in [-0.25, -0.2) is 4.79 Å².